The molecule has 3 aromatic rings. The number of ether oxygens (including phenoxy) is 1. The summed E-state index contributed by atoms with van der Waals surface area (Å²) in [6, 6.07) is 9.25. The maximum atomic E-state index is 13.1. The first-order chi connectivity index (χ1) is 14.6. The molecule has 0 bridgehead atoms. The summed E-state index contributed by atoms with van der Waals surface area (Å²) in [5, 5.41) is 19.9. The van der Waals surface area contributed by atoms with E-state index in [-0.39, 0.29) is 23.3 Å². The van der Waals surface area contributed by atoms with Gasteiger partial charge in [-0.25, -0.2) is 15.3 Å². The maximum absolute atomic E-state index is 13.1. The summed E-state index contributed by atoms with van der Waals surface area (Å²) in [6.45, 7) is 0.481. The number of hydrogen-bond acceptors (Lipinski definition) is 7. The number of esters is 1. The molecule has 150 valence electrons. The number of benzene rings is 1. The number of hydrogen-bond donors (Lipinski definition) is 3. The Morgan fingerprint density at radius 1 is 1.27 bits per heavy atom. The standard InChI is InChI=1S/C22H17N3O5/c26-20-14-9-18-19-15(10-25(18)21(27)16(14)11-30-22(20)28)12(5-3-4-8-23-29)13-6-1-2-7-17(13)24-19/h1-2,6-7,9,20,23,26,29H,4,8,10-11H2/t20-/m0/s1. The van der Waals surface area contributed by atoms with Gasteiger partial charge in [0.1, 0.15) is 6.61 Å². The largest absolute Gasteiger partial charge is 0.458 e. The van der Waals surface area contributed by atoms with E-state index in [1.807, 2.05) is 24.3 Å². The first-order valence-corrected chi connectivity index (χ1v) is 9.49. The van der Waals surface area contributed by atoms with E-state index in [0.29, 0.717) is 30.9 Å². The minimum atomic E-state index is -1.48. The molecule has 0 unspecified atom stereocenters. The summed E-state index contributed by atoms with van der Waals surface area (Å²) in [5.41, 5.74) is 5.83. The Morgan fingerprint density at radius 2 is 2.10 bits per heavy atom. The van der Waals surface area contributed by atoms with Crippen LogP contribution in [-0.2, 0) is 22.7 Å². The lowest BCUT2D eigenvalue weighted by atomic mass is 9.98. The molecule has 2 aliphatic rings. The molecule has 8 heteroatoms. The summed E-state index contributed by atoms with van der Waals surface area (Å²) < 4.78 is 6.52. The Morgan fingerprint density at radius 3 is 2.93 bits per heavy atom. The van der Waals surface area contributed by atoms with Gasteiger partial charge in [-0.3, -0.25) is 4.79 Å². The van der Waals surface area contributed by atoms with Crippen molar-refractivity contribution in [2.24, 2.45) is 0 Å². The number of fused-ring (bicyclic) bond motifs is 5. The number of aromatic nitrogens is 2. The average Bonchev–Trinajstić information content (AvgIpc) is 3.12. The SMILES string of the molecule is O=C1OCc2c(cc3n(c2=O)Cc2c-3nc3ccccc3c2C#CCCNO)[C@@H]1O. The third kappa shape index (κ3) is 2.72. The van der Waals surface area contributed by atoms with Crippen LogP contribution in [0.15, 0.2) is 35.1 Å². The number of rotatable bonds is 2. The van der Waals surface area contributed by atoms with Gasteiger partial charge in [-0.2, -0.15) is 0 Å². The van der Waals surface area contributed by atoms with Gasteiger partial charge in [-0.05, 0) is 12.1 Å². The molecule has 3 N–H and O–H groups in total. The van der Waals surface area contributed by atoms with Crippen LogP contribution in [0.5, 0.6) is 0 Å². The molecule has 0 spiro atoms. The number of pyridine rings is 2. The molecule has 30 heavy (non-hydrogen) atoms. The van der Waals surface area contributed by atoms with Crippen molar-refractivity contribution in [3.8, 4) is 23.2 Å². The summed E-state index contributed by atoms with van der Waals surface area (Å²) in [7, 11) is 0. The van der Waals surface area contributed by atoms with Crippen LogP contribution >= 0.6 is 0 Å². The van der Waals surface area contributed by atoms with Crippen LogP contribution in [0.1, 0.15) is 34.8 Å². The molecule has 0 fully saturated rings. The van der Waals surface area contributed by atoms with Gasteiger partial charge in [0, 0.05) is 35.0 Å². The zero-order valence-corrected chi connectivity index (χ0v) is 15.8. The highest BCUT2D eigenvalue weighted by Crippen LogP contribution is 2.37. The second-order valence-electron chi connectivity index (χ2n) is 7.16. The van der Waals surface area contributed by atoms with Gasteiger partial charge in [0.2, 0.25) is 0 Å². The van der Waals surface area contributed by atoms with Gasteiger partial charge < -0.3 is 19.6 Å². The number of cyclic esters (lactones) is 1. The van der Waals surface area contributed by atoms with E-state index in [9.17, 15) is 14.7 Å². The fourth-order valence-corrected chi connectivity index (χ4v) is 3.99. The molecule has 4 heterocycles. The predicted molar refractivity (Wildman–Crippen MR) is 107 cm³/mol. The lowest BCUT2D eigenvalue weighted by Crippen LogP contribution is -2.32. The zero-order valence-electron chi connectivity index (χ0n) is 15.8. The molecule has 0 amide bonds. The Bertz CT molecular complexity index is 1330. The van der Waals surface area contributed by atoms with Gasteiger partial charge in [0.25, 0.3) is 5.56 Å². The number of aliphatic hydroxyl groups is 1. The minimum absolute atomic E-state index is 0.156. The fraction of sp³-hybridized carbons (Fsp3) is 0.227. The Labute approximate surface area is 170 Å². The predicted octanol–water partition coefficient (Wildman–Crippen LogP) is 1.24. The molecule has 0 saturated heterocycles. The van der Waals surface area contributed by atoms with Crippen molar-refractivity contribution in [3.05, 3.63) is 62.9 Å². The van der Waals surface area contributed by atoms with Crippen LogP contribution in [-0.4, -0.2) is 32.4 Å². The second kappa shape index (κ2) is 7.07. The van der Waals surface area contributed by atoms with Crippen molar-refractivity contribution < 1.29 is 19.8 Å². The highest BCUT2D eigenvalue weighted by molar-refractivity contribution is 5.91. The monoisotopic (exact) mass is 403 g/mol. The smallest absolute Gasteiger partial charge is 0.340 e. The highest BCUT2D eigenvalue weighted by Gasteiger charge is 2.34. The minimum Gasteiger partial charge on any atom is -0.458 e. The van der Waals surface area contributed by atoms with Gasteiger partial charge >= 0.3 is 5.97 Å². The second-order valence-corrected chi connectivity index (χ2v) is 7.16. The molecular formula is C22H17N3O5. The van der Waals surface area contributed by atoms with E-state index in [1.54, 1.807) is 10.6 Å². The van der Waals surface area contributed by atoms with Crippen LogP contribution in [0.4, 0.5) is 0 Å². The van der Waals surface area contributed by atoms with Gasteiger partial charge in [0.15, 0.2) is 6.10 Å². The van der Waals surface area contributed by atoms with Crippen molar-refractivity contribution in [2.45, 2.75) is 25.7 Å². The molecule has 0 aliphatic carbocycles. The van der Waals surface area contributed by atoms with Crippen molar-refractivity contribution in [2.75, 3.05) is 6.54 Å². The van der Waals surface area contributed by atoms with Crippen molar-refractivity contribution >= 4 is 16.9 Å². The Kier molecular flexibility index (Phi) is 4.37. The van der Waals surface area contributed by atoms with E-state index in [1.165, 1.54) is 0 Å². The van der Waals surface area contributed by atoms with Crippen LogP contribution < -0.4 is 11.0 Å². The lowest BCUT2D eigenvalue weighted by molar-refractivity contribution is -0.157. The average molecular weight is 403 g/mol. The fourth-order valence-electron chi connectivity index (χ4n) is 3.99. The molecule has 8 nitrogen and oxygen atoms in total. The zero-order chi connectivity index (χ0) is 20.8. The third-order valence-corrected chi connectivity index (χ3v) is 5.44. The number of hydroxylamine groups is 1. The van der Waals surface area contributed by atoms with E-state index in [4.69, 9.17) is 14.9 Å². The van der Waals surface area contributed by atoms with E-state index >= 15 is 0 Å². The van der Waals surface area contributed by atoms with Crippen LogP contribution in [0, 0.1) is 11.8 Å². The van der Waals surface area contributed by atoms with E-state index < -0.39 is 12.1 Å². The Hall–Kier alpha value is -3.51. The van der Waals surface area contributed by atoms with Gasteiger partial charge in [-0.15, -0.1) is 0 Å². The van der Waals surface area contributed by atoms with Gasteiger partial charge in [0.05, 0.1) is 29.0 Å². The van der Waals surface area contributed by atoms with Crippen LogP contribution in [0.25, 0.3) is 22.3 Å². The number of nitrogens with zero attached hydrogens (tertiary/aromatic N) is 2. The number of nitrogens with one attached hydrogen (secondary N) is 1. The summed E-state index contributed by atoms with van der Waals surface area (Å²) in [4.78, 5) is 29.6. The molecule has 1 aromatic carbocycles. The first-order valence-electron chi connectivity index (χ1n) is 9.49. The Balaban J connectivity index is 1.75. The van der Waals surface area contributed by atoms with E-state index in [0.717, 1.165) is 22.0 Å². The quantitative estimate of drug-likeness (QED) is 0.200. The molecule has 2 aliphatic heterocycles. The molecule has 0 saturated carbocycles. The highest BCUT2D eigenvalue weighted by atomic mass is 16.5. The summed E-state index contributed by atoms with van der Waals surface area (Å²) >= 11 is 0. The van der Waals surface area contributed by atoms with Crippen molar-refractivity contribution in [1.29, 1.82) is 0 Å². The third-order valence-electron chi connectivity index (χ3n) is 5.44. The number of carbonyl (C=O) groups excluding carboxylic acids is 1. The normalized spacial score (nSPS) is 16.3. The first kappa shape index (κ1) is 18.5. The van der Waals surface area contributed by atoms with Gasteiger partial charge in [-0.1, -0.05) is 30.0 Å². The molecule has 2 aromatic heterocycles. The molecule has 1 atom stereocenters. The number of aliphatic hydroxyl groups excluding tert-OH is 1. The van der Waals surface area contributed by atoms with E-state index in [2.05, 4.69) is 17.3 Å². The van der Waals surface area contributed by atoms with Crippen LogP contribution in [0.3, 0.4) is 0 Å². The number of para-hydroxylation sites is 1. The molecule has 0 radical (unpaired) electrons. The molecule has 5 rings (SSSR count). The summed E-state index contributed by atoms with van der Waals surface area (Å²) in [5.74, 6) is 5.46. The maximum Gasteiger partial charge on any atom is 0.340 e. The topological polar surface area (TPSA) is 114 Å². The lowest BCUT2D eigenvalue weighted by Gasteiger charge is -2.21. The van der Waals surface area contributed by atoms with Crippen molar-refractivity contribution in [3.63, 3.8) is 0 Å². The van der Waals surface area contributed by atoms with Crippen molar-refractivity contribution in [1.82, 2.24) is 15.0 Å². The van der Waals surface area contributed by atoms with Crippen LogP contribution in [0.2, 0.25) is 0 Å². The number of carbonyl (C=O) groups is 1. The molecular weight excluding hydrogens is 386 g/mol. The summed E-state index contributed by atoms with van der Waals surface area (Å²) in [6.07, 6.45) is -1.03.